The number of hydrogen-bond donors (Lipinski definition) is 0. The predicted molar refractivity (Wildman–Crippen MR) is 90.8 cm³/mol. The number of rotatable bonds is 1. The largest absolute Gasteiger partial charge is 0.416 e. The van der Waals surface area contributed by atoms with Gasteiger partial charge in [-0.1, -0.05) is 32.9 Å². The Hall–Kier alpha value is -1.62. The summed E-state index contributed by atoms with van der Waals surface area (Å²) in [5, 5.41) is 9.33. The van der Waals surface area contributed by atoms with Gasteiger partial charge in [0, 0.05) is 5.56 Å². The minimum atomic E-state index is -4.36. The first-order valence-electron chi connectivity index (χ1n) is 6.83. The van der Waals surface area contributed by atoms with Gasteiger partial charge in [0.25, 0.3) is 0 Å². The van der Waals surface area contributed by atoms with Crippen molar-refractivity contribution in [3.63, 3.8) is 0 Å². The summed E-state index contributed by atoms with van der Waals surface area (Å²) < 4.78 is 38.5. The number of halogens is 4. The molecule has 0 spiro atoms. The van der Waals surface area contributed by atoms with Gasteiger partial charge in [-0.2, -0.15) is 18.4 Å². The van der Waals surface area contributed by atoms with Gasteiger partial charge in [0.2, 0.25) is 0 Å². The first kappa shape index (κ1) is 17.7. The van der Waals surface area contributed by atoms with E-state index in [2.05, 4.69) is 11.1 Å². The van der Waals surface area contributed by atoms with Crippen molar-refractivity contribution in [2.75, 3.05) is 0 Å². The van der Waals surface area contributed by atoms with Gasteiger partial charge in [-0.25, -0.2) is 4.98 Å². The first-order valence-corrected chi connectivity index (χ1v) is 7.90. The Labute approximate surface area is 146 Å². The molecule has 0 atom stereocenters. The van der Waals surface area contributed by atoms with Gasteiger partial charge in [0.1, 0.15) is 9.77 Å². The maximum Gasteiger partial charge on any atom is 0.416 e. The Morgan fingerprint density at radius 2 is 1.65 bits per heavy atom. The molecule has 0 saturated carbocycles. The van der Waals surface area contributed by atoms with Crippen molar-refractivity contribution in [1.29, 1.82) is 5.26 Å². The maximum atomic E-state index is 12.7. The lowest BCUT2D eigenvalue weighted by Crippen LogP contribution is -2.15. The third-order valence-electron chi connectivity index (χ3n) is 3.40. The van der Waals surface area contributed by atoms with Crippen LogP contribution >= 0.6 is 22.6 Å². The van der Waals surface area contributed by atoms with Crippen LogP contribution in [0.25, 0.3) is 11.3 Å². The molecule has 6 heteroatoms. The Kier molecular flexibility index (Phi) is 4.71. The third kappa shape index (κ3) is 3.83. The molecule has 0 N–H and O–H groups in total. The summed E-state index contributed by atoms with van der Waals surface area (Å²) in [4.78, 5) is 4.36. The van der Waals surface area contributed by atoms with E-state index >= 15 is 0 Å². The lowest BCUT2D eigenvalue weighted by Gasteiger charge is -2.22. The second-order valence-corrected chi connectivity index (χ2v) is 7.18. The zero-order valence-electron chi connectivity index (χ0n) is 12.8. The quantitative estimate of drug-likeness (QED) is 0.440. The van der Waals surface area contributed by atoms with Crippen LogP contribution in [0.15, 0.2) is 30.3 Å². The Morgan fingerprint density at radius 1 is 1.09 bits per heavy atom. The average Bonchev–Trinajstić information content (AvgIpc) is 2.44. The summed E-state index contributed by atoms with van der Waals surface area (Å²) >= 11 is 1.98. The number of nitrogens with zero attached hydrogens (tertiary/aromatic N) is 2. The number of benzene rings is 1. The maximum absolute atomic E-state index is 12.7. The summed E-state index contributed by atoms with van der Waals surface area (Å²) in [7, 11) is 0. The zero-order valence-corrected chi connectivity index (χ0v) is 15.0. The highest BCUT2D eigenvalue weighted by Gasteiger charge is 2.30. The fourth-order valence-electron chi connectivity index (χ4n) is 2.19. The lowest BCUT2D eigenvalue weighted by atomic mass is 9.84. The summed E-state index contributed by atoms with van der Waals surface area (Å²) in [6, 6.07) is 8.83. The molecule has 1 aromatic heterocycles. The number of alkyl halides is 3. The second kappa shape index (κ2) is 6.11. The number of nitriles is 1. The van der Waals surface area contributed by atoms with Crippen molar-refractivity contribution in [3.05, 3.63) is 50.7 Å². The van der Waals surface area contributed by atoms with Gasteiger partial charge in [-0.05, 0) is 51.8 Å². The first-order chi connectivity index (χ1) is 10.5. The van der Waals surface area contributed by atoms with Gasteiger partial charge in [-0.3, -0.25) is 0 Å². The third-order valence-corrected chi connectivity index (χ3v) is 4.18. The van der Waals surface area contributed by atoms with Crippen molar-refractivity contribution in [1.82, 2.24) is 4.98 Å². The van der Waals surface area contributed by atoms with E-state index in [1.165, 1.54) is 12.1 Å². The van der Waals surface area contributed by atoms with E-state index in [1.807, 2.05) is 43.4 Å². The summed E-state index contributed by atoms with van der Waals surface area (Å²) in [5.41, 5.74) is 1.52. The van der Waals surface area contributed by atoms with Crippen LogP contribution in [0.3, 0.4) is 0 Å². The number of aromatic nitrogens is 1. The molecule has 0 unspecified atom stereocenters. The predicted octanol–water partition coefficient (Wildman–Crippen LogP) is 5.54. The minimum absolute atomic E-state index is 0.269. The molecule has 2 nitrogen and oxygen atoms in total. The molecule has 0 bridgehead atoms. The van der Waals surface area contributed by atoms with Crippen molar-refractivity contribution in [3.8, 4) is 17.3 Å². The molecule has 2 rings (SSSR count). The normalized spacial score (nSPS) is 12.1. The van der Waals surface area contributed by atoms with Crippen LogP contribution < -0.4 is 0 Å². The van der Waals surface area contributed by atoms with Crippen LogP contribution in [0.4, 0.5) is 13.2 Å². The summed E-state index contributed by atoms with van der Waals surface area (Å²) in [6.07, 6.45) is -4.36. The highest BCUT2D eigenvalue weighted by Crippen LogP contribution is 2.33. The molecular weight excluding hydrogens is 416 g/mol. The molecule has 0 aliphatic carbocycles. The fourth-order valence-corrected chi connectivity index (χ4v) is 2.86. The van der Waals surface area contributed by atoms with Gasteiger partial charge in [0.05, 0.1) is 16.8 Å². The van der Waals surface area contributed by atoms with Crippen LogP contribution in [-0.2, 0) is 11.6 Å². The van der Waals surface area contributed by atoms with Crippen LogP contribution in [-0.4, -0.2) is 4.98 Å². The van der Waals surface area contributed by atoms with Gasteiger partial charge in [0.15, 0.2) is 0 Å². The number of hydrogen-bond acceptors (Lipinski definition) is 2. The molecule has 1 aromatic carbocycles. The molecule has 0 saturated heterocycles. The SMILES string of the molecule is CC(C)(C)c1cc(-c2ccc(C(F)(F)F)cc2)nc(I)c1C#N. The highest BCUT2D eigenvalue weighted by atomic mass is 127. The summed E-state index contributed by atoms with van der Waals surface area (Å²) in [6.45, 7) is 5.95. The highest BCUT2D eigenvalue weighted by molar-refractivity contribution is 14.1. The lowest BCUT2D eigenvalue weighted by molar-refractivity contribution is -0.137. The Morgan fingerprint density at radius 3 is 2.09 bits per heavy atom. The van der Waals surface area contributed by atoms with E-state index in [0.29, 0.717) is 20.5 Å². The minimum Gasteiger partial charge on any atom is -0.240 e. The van der Waals surface area contributed by atoms with E-state index in [0.717, 1.165) is 17.7 Å². The van der Waals surface area contributed by atoms with Crippen LogP contribution in [0.5, 0.6) is 0 Å². The van der Waals surface area contributed by atoms with Crippen molar-refractivity contribution < 1.29 is 13.2 Å². The van der Waals surface area contributed by atoms with E-state index in [9.17, 15) is 18.4 Å². The van der Waals surface area contributed by atoms with E-state index < -0.39 is 11.7 Å². The average molecular weight is 430 g/mol. The van der Waals surface area contributed by atoms with Crippen LogP contribution in [0.2, 0.25) is 0 Å². The molecule has 0 aliphatic heterocycles. The van der Waals surface area contributed by atoms with Crippen LogP contribution in [0.1, 0.15) is 37.5 Å². The molecule has 0 aliphatic rings. The monoisotopic (exact) mass is 430 g/mol. The Bertz CT molecular complexity index is 767. The van der Waals surface area contributed by atoms with Crippen molar-refractivity contribution in [2.45, 2.75) is 32.4 Å². The smallest absolute Gasteiger partial charge is 0.240 e. The van der Waals surface area contributed by atoms with Crippen molar-refractivity contribution >= 4 is 22.6 Å². The molecule has 23 heavy (non-hydrogen) atoms. The standard InChI is InChI=1S/C17H14F3IN2/c1-16(2,3)13-8-14(23-15(21)12(13)9-22)10-4-6-11(7-5-10)17(18,19)20/h4-8H,1-3H3. The topological polar surface area (TPSA) is 36.7 Å². The summed E-state index contributed by atoms with van der Waals surface area (Å²) in [5.74, 6) is 0. The van der Waals surface area contributed by atoms with E-state index in [4.69, 9.17) is 0 Å². The molecule has 120 valence electrons. The molecular formula is C17H14F3IN2. The fraction of sp³-hybridized carbons (Fsp3) is 0.294. The van der Waals surface area contributed by atoms with Gasteiger partial charge >= 0.3 is 6.18 Å². The zero-order chi connectivity index (χ0) is 17.4. The number of pyridine rings is 1. The van der Waals surface area contributed by atoms with Gasteiger partial charge in [-0.15, -0.1) is 0 Å². The van der Waals surface area contributed by atoms with Crippen LogP contribution in [0, 0.1) is 15.0 Å². The second-order valence-electron chi connectivity index (χ2n) is 6.16. The molecule has 0 amide bonds. The van der Waals surface area contributed by atoms with Gasteiger partial charge < -0.3 is 0 Å². The van der Waals surface area contributed by atoms with E-state index in [1.54, 1.807) is 6.07 Å². The molecule has 2 aromatic rings. The van der Waals surface area contributed by atoms with Crippen molar-refractivity contribution in [2.24, 2.45) is 0 Å². The Balaban J connectivity index is 2.57. The molecule has 1 heterocycles. The van der Waals surface area contributed by atoms with E-state index in [-0.39, 0.29) is 5.41 Å². The molecule has 0 radical (unpaired) electrons. The molecule has 0 fully saturated rings.